The minimum Gasteiger partial charge on any atom is -0.348 e. The first-order valence-corrected chi connectivity index (χ1v) is 4.06. The molecular formula is C7H10ClN3O. The molecule has 12 heavy (non-hydrogen) atoms. The number of amides is 1. The van der Waals surface area contributed by atoms with Crippen LogP contribution < -0.4 is 5.32 Å². The van der Waals surface area contributed by atoms with Gasteiger partial charge in [0.15, 0.2) is 0 Å². The molecule has 1 aromatic heterocycles. The molecule has 4 nitrogen and oxygen atoms in total. The largest absolute Gasteiger partial charge is 0.348 e. The minimum absolute atomic E-state index is 0.00950. The quantitative estimate of drug-likeness (QED) is 0.691. The van der Waals surface area contributed by atoms with Crippen molar-refractivity contribution >= 4 is 17.5 Å². The molecule has 1 N–H and O–H groups in total. The number of aryl methyl sites for hydroxylation is 1. The van der Waals surface area contributed by atoms with Gasteiger partial charge in [0.2, 0.25) is 5.91 Å². The Bertz CT molecular complexity index is 271. The molecule has 0 bridgehead atoms. The number of nitrogens with zero attached hydrogens (tertiary/aromatic N) is 2. The molecule has 0 aromatic carbocycles. The number of carbonyl (C=O) groups excluding carboxylic acids is 1. The van der Waals surface area contributed by atoms with Crippen LogP contribution in [0.1, 0.15) is 5.82 Å². The molecule has 0 saturated heterocycles. The Morgan fingerprint density at radius 1 is 1.83 bits per heavy atom. The molecule has 66 valence electrons. The average molecular weight is 188 g/mol. The van der Waals surface area contributed by atoms with Crippen molar-refractivity contribution < 1.29 is 4.79 Å². The van der Waals surface area contributed by atoms with Gasteiger partial charge in [-0.25, -0.2) is 4.98 Å². The number of carbonyl (C=O) groups is 1. The van der Waals surface area contributed by atoms with Gasteiger partial charge in [-0.2, -0.15) is 0 Å². The van der Waals surface area contributed by atoms with E-state index < -0.39 is 0 Å². The highest BCUT2D eigenvalue weighted by Crippen LogP contribution is 1.92. The van der Waals surface area contributed by atoms with Gasteiger partial charge in [0, 0.05) is 19.4 Å². The zero-order chi connectivity index (χ0) is 8.97. The van der Waals surface area contributed by atoms with E-state index in [-0.39, 0.29) is 11.8 Å². The molecule has 0 unspecified atom stereocenters. The molecule has 0 aliphatic carbocycles. The third-order valence-corrected chi connectivity index (χ3v) is 1.73. The summed E-state index contributed by atoms with van der Waals surface area (Å²) in [5, 5.41) is 2.62. The maximum atomic E-state index is 10.7. The second-order valence-electron chi connectivity index (χ2n) is 2.36. The Morgan fingerprint density at radius 2 is 2.58 bits per heavy atom. The summed E-state index contributed by atoms with van der Waals surface area (Å²) in [5.41, 5.74) is 0. The zero-order valence-electron chi connectivity index (χ0n) is 6.75. The lowest BCUT2D eigenvalue weighted by molar-refractivity contribution is -0.118. The Kier molecular flexibility index (Phi) is 3.10. The molecule has 0 atom stereocenters. The van der Waals surface area contributed by atoms with Crippen molar-refractivity contribution in [3.05, 3.63) is 18.2 Å². The topological polar surface area (TPSA) is 46.9 Å². The highest BCUT2D eigenvalue weighted by atomic mass is 35.5. The number of rotatable bonds is 3. The number of halogens is 1. The van der Waals surface area contributed by atoms with E-state index >= 15 is 0 Å². The summed E-state index contributed by atoms with van der Waals surface area (Å²) in [6, 6.07) is 0. The van der Waals surface area contributed by atoms with Crippen LogP contribution in [0.3, 0.4) is 0 Å². The van der Waals surface area contributed by atoms with E-state index in [1.54, 1.807) is 6.20 Å². The van der Waals surface area contributed by atoms with Crippen LogP contribution in [0.4, 0.5) is 0 Å². The first-order chi connectivity index (χ1) is 5.74. The summed E-state index contributed by atoms with van der Waals surface area (Å²) in [7, 11) is 1.87. The van der Waals surface area contributed by atoms with Gasteiger partial charge in [0.05, 0.1) is 6.54 Å². The van der Waals surface area contributed by atoms with Crippen LogP contribution in [0, 0.1) is 0 Å². The van der Waals surface area contributed by atoms with Crippen LogP contribution in [-0.2, 0) is 18.4 Å². The fourth-order valence-corrected chi connectivity index (χ4v) is 0.886. The third kappa shape index (κ3) is 2.23. The summed E-state index contributed by atoms with van der Waals surface area (Å²) >= 11 is 5.29. The Labute approximate surface area is 75.5 Å². The van der Waals surface area contributed by atoms with Gasteiger partial charge in [-0.1, -0.05) is 0 Å². The highest BCUT2D eigenvalue weighted by Gasteiger charge is 2.01. The van der Waals surface area contributed by atoms with Gasteiger partial charge in [0.25, 0.3) is 0 Å². The standard InChI is InChI=1S/C7H10ClN3O/c1-11-3-2-9-6(11)5-10-7(12)4-8/h2-3H,4-5H2,1H3,(H,10,12). The van der Waals surface area contributed by atoms with Gasteiger partial charge in [0.1, 0.15) is 11.7 Å². The van der Waals surface area contributed by atoms with Crippen molar-refractivity contribution in [3.63, 3.8) is 0 Å². The van der Waals surface area contributed by atoms with Crippen molar-refractivity contribution in [2.75, 3.05) is 5.88 Å². The number of hydrogen-bond donors (Lipinski definition) is 1. The van der Waals surface area contributed by atoms with Crippen LogP contribution in [0.5, 0.6) is 0 Å². The molecule has 5 heteroatoms. The second-order valence-corrected chi connectivity index (χ2v) is 2.63. The fourth-order valence-electron chi connectivity index (χ4n) is 0.792. The molecular weight excluding hydrogens is 178 g/mol. The van der Waals surface area contributed by atoms with Crippen LogP contribution >= 0.6 is 11.6 Å². The normalized spacial score (nSPS) is 9.83. The fraction of sp³-hybridized carbons (Fsp3) is 0.429. The van der Waals surface area contributed by atoms with Crippen molar-refractivity contribution in [2.24, 2.45) is 7.05 Å². The van der Waals surface area contributed by atoms with Gasteiger partial charge in [-0.15, -0.1) is 11.6 Å². The molecule has 0 aliphatic heterocycles. The SMILES string of the molecule is Cn1ccnc1CNC(=O)CCl. The predicted octanol–water partition coefficient (Wildman–Crippen LogP) is 0.275. The van der Waals surface area contributed by atoms with Crippen LogP contribution in [0.15, 0.2) is 12.4 Å². The summed E-state index contributed by atoms with van der Waals surface area (Å²) in [4.78, 5) is 14.8. The molecule has 0 radical (unpaired) electrons. The van der Waals surface area contributed by atoms with Crippen molar-refractivity contribution in [2.45, 2.75) is 6.54 Å². The first kappa shape index (κ1) is 9.06. The van der Waals surface area contributed by atoms with E-state index in [9.17, 15) is 4.79 Å². The van der Waals surface area contributed by atoms with E-state index in [1.165, 1.54) is 0 Å². The summed E-state index contributed by atoms with van der Waals surface area (Å²) in [6.45, 7) is 0.426. The number of aromatic nitrogens is 2. The van der Waals surface area contributed by atoms with Gasteiger partial charge in [-0.3, -0.25) is 4.79 Å². The lowest BCUT2D eigenvalue weighted by Crippen LogP contribution is -2.25. The summed E-state index contributed by atoms with van der Waals surface area (Å²) < 4.78 is 1.84. The highest BCUT2D eigenvalue weighted by molar-refractivity contribution is 6.27. The number of nitrogens with one attached hydrogen (secondary N) is 1. The van der Waals surface area contributed by atoms with Crippen molar-refractivity contribution in [1.82, 2.24) is 14.9 Å². The Hall–Kier alpha value is -1.03. The zero-order valence-corrected chi connectivity index (χ0v) is 7.51. The average Bonchev–Trinajstić information content (AvgIpc) is 2.47. The van der Waals surface area contributed by atoms with E-state index in [2.05, 4.69) is 10.3 Å². The predicted molar refractivity (Wildman–Crippen MR) is 45.8 cm³/mol. The minimum atomic E-state index is -0.181. The van der Waals surface area contributed by atoms with E-state index in [1.807, 2.05) is 17.8 Å². The smallest absolute Gasteiger partial charge is 0.235 e. The molecule has 1 rings (SSSR count). The molecule has 0 aliphatic rings. The van der Waals surface area contributed by atoms with Crippen LogP contribution in [0.2, 0.25) is 0 Å². The van der Waals surface area contributed by atoms with E-state index in [0.717, 1.165) is 5.82 Å². The molecule has 1 amide bonds. The molecule has 1 heterocycles. The monoisotopic (exact) mass is 187 g/mol. The summed E-state index contributed by atoms with van der Waals surface area (Å²) in [5.74, 6) is 0.623. The number of imidazole rings is 1. The van der Waals surface area contributed by atoms with Crippen molar-refractivity contribution in [3.8, 4) is 0 Å². The molecule has 1 aromatic rings. The van der Waals surface area contributed by atoms with Gasteiger partial charge >= 0.3 is 0 Å². The third-order valence-electron chi connectivity index (χ3n) is 1.49. The van der Waals surface area contributed by atoms with E-state index in [0.29, 0.717) is 6.54 Å². The lowest BCUT2D eigenvalue weighted by atomic mass is 10.5. The Balaban J connectivity index is 2.43. The molecule has 0 fully saturated rings. The maximum Gasteiger partial charge on any atom is 0.235 e. The van der Waals surface area contributed by atoms with Gasteiger partial charge in [-0.05, 0) is 0 Å². The summed E-state index contributed by atoms with van der Waals surface area (Å²) in [6.07, 6.45) is 3.50. The van der Waals surface area contributed by atoms with Crippen LogP contribution in [-0.4, -0.2) is 21.3 Å². The van der Waals surface area contributed by atoms with Crippen molar-refractivity contribution in [1.29, 1.82) is 0 Å². The second kappa shape index (κ2) is 4.11. The van der Waals surface area contributed by atoms with E-state index in [4.69, 9.17) is 11.6 Å². The maximum absolute atomic E-state index is 10.7. The number of hydrogen-bond acceptors (Lipinski definition) is 2. The van der Waals surface area contributed by atoms with Crippen LogP contribution in [0.25, 0.3) is 0 Å². The number of alkyl halides is 1. The van der Waals surface area contributed by atoms with Gasteiger partial charge < -0.3 is 9.88 Å². The molecule has 0 saturated carbocycles. The molecule has 0 spiro atoms. The lowest BCUT2D eigenvalue weighted by Gasteiger charge is -2.02. The first-order valence-electron chi connectivity index (χ1n) is 3.53. The Morgan fingerprint density at radius 3 is 3.08 bits per heavy atom.